The smallest absolute Gasteiger partial charge is 0.410 e. The molecule has 1 aliphatic rings. The number of hydrogen-bond donors (Lipinski definition) is 2. The van der Waals surface area contributed by atoms with Gasteiger partial charge in [0, 0.05) is 30.1 Å². The van der Waals surface area contributed by atoms with Crippen LogP contribution in [0.5, 0.6) is 17.2 Å². The number of likely N-dealkylation sites (tertiary alicyclic amines) is 1. The standard InChI is InChI=1S/C28H31N5O5/c1-28(2,3)38-27(35)32-14-13-18(16-32)22-15-30-33-24(25(29)34)23(31-26(22)33)17-5-7-20(8-6-17)37-21-11-9-19(36-4)10-12-21/h5-12,15,18,31H,13-14,16H2,1-4H3,(H2,29,34). The highest BCUT2D eigenvalue weighted by Gasteiger charge is 2.33. The molecule has 1 atom stereocenters. The van der Waals surface area contributed by atoms with Crippen LogP contribution in [0.1, 0.15) is 49.2 Å². The molecule has 1 fully saturated rings. The third-order valence-electron chi connectivity index (χ3n) is 6.44. The summed E-state index contributed by atoms with van der Waals surface area (Å²) in [5.41, 5.74) is 8.42. The van der Waals surface area contributed by atoms with Gasteiger partial charge in [-0.05, 0) is 75.7 Å². The Bertz CT molecular complexity index is 1460. The lowest BCUT2D eigenvalue weighted by molar-refractivity contribution is 0.0292. The van der Waals surface area contributed by atoms with Crippen molar-refractivity contribution in [1.82, 2.24) is 19.5 Å². The molecular weight excluding hydrogens is 486 g/mol. The quantitative estimate of drug-likeness (QED) is 0.373. The van der Waals surface area contributed by atoms with E-state index < -0.39 is 11.5 Å². The highest BCUT2D eigenvalue weighted by atomic mass is 16.6. The van der Waals surface area contributed by atoms with E-state index in [2.05, 4.69) is 10.1 Å². The summed E-state index contributed by atoms with van der Waals surface area (Å²) in [5.74, 6) is 1.52. The molecule has 198 valence electrons. The number of imidazole rings is 1. The number of carbonyl (C=O) groups excluding carboxylic acids is 2. The highest BCUT2D eigenvalue weighted by molar-refractivity contribution is 5.98. The van der Waals surface area contributed by atoms with E-state index in [9.17, 15) is 9.59 Å². The van der Waals surface area contributed by atoms with Gasteiger partial charge in [0.1, 0.15) is 28.5 Å². The number of amides is 2. The van der Waals surface area contributed by atoms with Crippen molar-refractivity contribution in [2.45, 2.75) is 38.7 Å². The molecule has 5 rings (SSSR count). The van der Waals surface area contributed by atoms with Crippen LogP contribution in [0, 0.1) is 0 Å². The van der Waals surface area contributed by atoms with Crippen molar-refractivity contribution in [2.75, 3.05) is 20.2 Å². The SMILES string of the molecule is COc1ccc(Oc2ccc(-c3[nH]c4c(C5CCN(C(=O)OC(C)(C)C)C5)cnn4c3C(N)=O)cc2)cc1. The predicted molar refractivity (Wildman–Crippen MR) is 142 cm³/mol. The largest absolute Gasteiger partial charge is 0.497 e. The summed E-state index contributed by atoms with van der Waals surface area (Å²) >= 11 is 0. The van der Waals surface area contributed by atoms with E-state index in [0.717, 1.165) is 23.3 Å². The van der Waals surface area contributed by atoms with Gasteiger partial charge in [-0.3, -0.25) is 4.79 Å². The van der Waals surface area contributed by atoms with Gasteiger partial charge in [-0.2, -0.15) is 5.10 Å². The first-order valence-corrected chi connectivity index (χ1v) is 12.4. The number of nitrogens with two attached hydrogens (primary N) is 1. The van der Waals surface area contributed by atoms with Crippen LogP contribution >= 0.6 is 0 Å². The maximum absolute atomic E-state index is 12.5. The average Bonchev–Trinajstić information content (AvgIpc) is 3.59. The summed E-state index contributed by atoms with van der Waals surface area (Å²) < 4.78 is 18.2. The molecule has 1 aliphatic heterocycles. The summed E-state index contributed by atoms with van der Waals surface area (Å²) in [6.45, 7) is 6.65. The Morgan fingerprint density at radius 3 is 2.26 bits per heavy atom. The van der Waals surface area contributed by atoms with E-state index in [-0.39, 0.29) is 17.7 Å². The maximum atomic E-state index is 12.5. The molecule has 0 spiro atoms. The molecule has 2 amide bonds. The molecule has 0 aliphatic carbocycles. The lowest BCUT2D eigenvalue weighted by atomic mass is 10.0. The summed E-state index contributed by atoms with van der Waals surface area (Å²) in [7, 11) is 1.61. The van der Waals surface area contributed by atoms with E-state index in [1.807, 2.05) is 69.3 Å². The van der Waals surface area contributed by atoms with Gasteiger partial charge in [0.15, 0.2) is 5.69 Å². The van der Waals surface area contributed by atoms with E-state index in [1.54, 1.807) is 22.7 Å². The number of nitrogens with zero attached hydrogens (tertiary/aromatic N) is 3. The van der Waals surface area contributed by atoms with Gasteiger partial charge < -0.3 is 29.8 Å². The van der Waals surface area contributed by atoms with Gasteiger partial charge in [0.25, 0.3) is 5.91 Å². The molecule has 3 heterocycles. The zero-order valence-corrected chi connectivity index (χ0v) is 21.9. The van der Waals surface area contributed by atoms with Gasteiger partial charge in [-0.15, -0.1) is 0 Å². The molecule has 0 radical (unpaired) electrons. The Morgan fingerprint density at radius 2 is 1.66 bits per heavy atom. The number of primary amides is 1. The monoisotopic (exact) mass is 517 g/mol. The molecule has 10 heteroatoms. The maximum Gasteiger partial charge on any atom is 0.410 e. The zero-order chi connectivity index (χ0) is 27.0. The summed E-state index contributed by atoms with van der Waals surface area (Å²) in [6, 6.07) is 14.7. The van der Waals surface area contributed by atoms with Crippen molar-refractivity contribution in [1.29, 1.82) is 0 Å². The van der Waals surface area contributed by atoms with E-state index in [1.165, 1.54) is 0 Å². The highest BCUT2D eigenvalue weighted by Crippen LogP contribution is 2.34. The van der Waals surface area contributed by atoms with E-state index in [0.29, 0.717) is 35.9 Å². The van der Waals surface area contributed by atoms with Gasteiger partial charge in [-0.25, -0.2) is 9.31 Å². The normalized spacial score (nSPS) is 15.6. The van der Waals surface area contributed by atoms with Crippen LogP contribution in [0.3, 0.4) is 0 Å². The van der Waals surface area contributed by atoms with Crippen LogP contribution in [0.25, 0.3) is 16.9 Å². The van der Waals surface area contributed by atoms with Crippen molar-refractivity contribution >= 4 is 17.6 Å². The molecular formula is C28H31N5O5. The number of aromatic nitrogens is 3. The Labute approximate surface area is 220 Å². The van der Waals surface area contributed by atoms with Crippen molar-refractivity contribution in [3.63, 3.8) is 0 Å². The van der Waals surface area contributed by atoms with Crippen LogP contribution in [0.2, 0.25) is 0 Å². The second kappa shape index (κ2) is 9.77. The van der Waals surface area contributed by atoms with E-state index in [4.69, 9.17) is 19.9 Å². The number of rotatable bonds is 6. The Morgan fingerprint density at radius 1 is 1.03 bits per heavy atom. The van der Waals surface area contributed by atoms with Crippen molar-refractivity contribution < 1.29 is 23.8 Å². The number of H-pyrrole nitrogens is 1. The van der Waals surface area contributed by atoms with Gasteiger partial charge in [-0.1, -0.05) is 0 Å². The summed E-state index contributed by atoms with van der Waals surface area (Å²) in [5, 5.41) is 4.46. The lowest BCUT2D eigenvalue weighted by Gasteiger charge is -2.24. The Hall–Kier alpha value is -4.47. The minimum Gasteiger partial charge on any atom is -0.497 e. The average molecular weight is 518 g/mol. The second-order valence-corrected chi connectivity index (χ2v) is 10.3. The van der Waals surface area contributed by atoms with Crippen LogP contribution in [-0.2, 0) is 4.74 Å². The molecule has 3 N–H and O–H groups in total. The minimum atomic E-state index is -0.596. The molecule has 38 heavy (non-hydrogen) atoms. The Balaban J connectivity index is 1.39. The van der Waals surface area contributed by atoms with Gasteiger partial charge in [0.2, 0.25) is 0 Å². The van der Waals surface area contributed by atoms with Crippen LogP contribution < -0.4 is 15.2 Å². The van der Waals surface area contributed by atoms with Gasteiger partial charge in [0.05, 0.1) is 19.0 Å². The number of aromatic amines is 1. The molecule has 0 bridgehead atoms. The third-order valence-corrected chi connectivity index (χ3v) is 6.44. The molecule has 1 saturated heterocycles. The molecule has 2 aromatic heterocycles. The fraction of sp³-hybridized carbons (Fsp3) is 0.321. The molecule has 4 aromatic rings. The first kappa shape index (κ1) is 25.2. The predicted octanol–water partition coefficient (Wildman–Crippen LogP) is 4.95. The number of ether oxygens (including phenoxy) is 3. The second-order valence-electron chi connectivity index (χ2n) is 10.3. The molecule has 0 saturated carbocycles. The Kier molecular flexibility index (Phi) is 6.48. The molecule has 1 unspecified atom stereocenters. The van der Waals surface area contributed by atoms with Gasteiger partial charge >= 0.3 is 6.09 Å². The lowest BCUT2D eigenvalue weighted by Crippen LogP contribution is -2.35. The number of methoxy groups -OCH3 is 1. The third kappa shape index (κ3) is 5.02. The first-order chi connectivity index (χ1) is 18.1. The van der Waals surface area contributed by atoms with E-state index >= 15 is 0 Å². The number of nitrogens with one attached hydrogen (secondary N) is 1. The molecule has 10 nitrogen and oxygen atoms in total. The van der Waals surface area contributed by atoms with Crippen molar-refractivity contribution in [3.8, 4) is 28.5 Å². The fourth-order valence-electron chi connectivity index (χ4n) is 4.65. The molecule has 2 aromatic carbocycles. The topological polar surface area (TPSA) is 124 Å². The zero-order valence-electron chi connectivity index (χ0n) is 21.9. The van der Waals surface area contributed by atoms with Crippen molar-refractivity contribution in [2.24, 2.45) is 5.73 Å². The summed E-state index contributed by atoms with van der Waals surface area (Å²) in [4.78, 5) is 30.1. The number of carbonyl (C=O) groups is 2. The fourth-order valence-corrected chi connectivity index (χ4v) is 4.65. The first-order valence-electron chi connectivity index (χ1n) is 12.4. The van der Waals surface area contributed by atoms with Crippen molar-refractivity contribution in [3.05, 3.63) is 66.0 Å². The minimum absolute atomic E-state index is 0.0486. The summed E-state index contributed by atoms with van der Waals surface area (Å²) in [6.07, 6.45) is 2.17. The van der Waals surface area contributed by atoms with Crippen LogP contribution in [0.4, 0.5) is 4.79 Å². The number of benzene rings is 2. The van der Waals surface area contributed by atoms with Crippen LogP contribution in [-0.4, -0.2) is 57.3 Å². The number of fused-ring (bicyclic) bond motifs is 1. The van der Waals surface area contributed by atoms with Crippen LogP contribution in [0.15, 0.2) is 54.7 Å². The number of hydrogen-bond acceptors (Lipinski definition) is 6.